The molecule has 2 aromatic heterocycles. The number of benzene rings is 1. The molecule has 11 nitrogen and oxygen atoms in total. The molecule has 49 heavy (non-hydrogen) atoms. The van der Waals surface area contributed by atoms with Crippen molar-refractivity contribution in [2.24, 2.45) is 0 Å². The standard InChI is InChI=1S/C34H39ClF3N7O4/c1-16-28-22-7-6-19(45(22)32(46)49-33(2,3)4)14-44(28)29-23-27(41-31(42-29)47-15-34-8-5-9-43(34)13-18(36)12-34)25(38)26(40-30(23)48-16)17-10-20(35)24(37)21(39)11-17/h10-11,16,18-19,22,28H,5-9,12-15,39H2,1-4H3/t16-,18+,19+,22-,28+,34-/m0/s1. The molecule has 1 aromatic carbocycles. The van der Waals surface area contributed by atoms with Gasteiger partial charge in [0, 0.05) is 25.1 Å². The maximum Gasteiger partial charge on any atom is 0.410 e. The van der Waals surface area contributed by atoms with Gasteiger partial charge >= 0.3 is 12.1 Å². The Hall–Kier alpha value is -3.78. The van der Waals surface area contributed by atoms with Gasteiger partial charge in [-0.15, -0.1) is 0 Å². The summed E-state index contributed by atoms with van der Waals surface area (Å²) in [6.07, 6.45) is 1.60. The normalized spacial score (nSPS) is 29.1. The van der Waals surface area contributed by atoms with Crippen LogP contribution in [0.3, 0.4) is 0 Å². The highest BCUT2D eigenvalue weighted by Gasteiger charge is 2.54. The van der Waals surface area contributed by atoms with E-state index in [-0.39, 0.29) is 63.5 Å². The van der Waals surface area contributed by atoms with E-state index in [4.69, 9.17) is 36.5 Å². The van der Waals surface area contributed by atoms with Crippen LogP contribution in [0.25, 0.3) is 22.2 Å². The minimum Gasteiger partial charge on any atom is -0.472 e. The minimum absolute atomic E-state index is 0.0695. The van der Waals surface area contributed by atoms with Gasteiger partial charge in [-0.25, -0.2) is 22.9 Å². The highest BCUT2D eigenvalue weighted by atomic mass is 35.5. The number of anilines is 2. The van der Waals surface area contributed by atoms with Crippen LogP contribution in [0.4, 0.5) is 29.5 Å². The molecular formula is C34H39ClF3N7O4. The number of aromatic nitrogens is 3. The number of alkyl halides is 1. The average Bonchev–Trinajstić information content (AvgIpc) is 3.64. The Balaban J connectivity index is 1.26. The van der Waals surface area contributed by atoms with E-state index in [9.17, 15) is 13.6 Å². The fourth-order valence-electron chi connectivity index (χ4n) is 8.67. The van der Waals surface area contributed by atoms with Gasteiger partial charge in [0.25, 0.3) is 0 Å². The van der Waals surface area contributed by atoms with Crippen LogP contribution in [0.15, 0.2) is 12.1 Å². The first-order chi connectivity index (χ1) is 23.2. The number of piperazine rings is 1. The van der Waals surface area contributed by atoms with E-state index >= 15 is 4.39 Å². The number of carbonyl (C=O) groups excluding carboxylic acids is 1. The van der Waals surface area contributed by atoms with Crippen LogP contribution in [0.5, 0.6) is 11.9 Å². The first-order valence-corrected chi connectivity index (χ1v) is 17.2. The summed E-state index contributed by atoms with van der Waals surface area (Å²) in [6.45, 7) is 9.04. The van der Waals surface area contributed by atoms with Crippen molar-refractivity contribution in [3.63, 3.8) is 0 Å². The lowest BCUT2D eigenvalue weighted by atomic mass is 9.95. The summed E-state index contributed by atoms with van der Waals surface area (Å²) in [6, 6.07) is 1.55. The van der Waals surface area contributed by atoms with Crippen molar-refractivity contribution < 1.29 is 32.2 Å². The van der Waals surface area contributed by atoms with Crippen LogP contribution < -0.4 is 20.1 Å². The van der Waals surface area contributed by atoms with Crippen molar-refractivity contribution >= 4 is 40.1 Å². The lowest BCUT2D eigenvalue weighted by Gasteiger charge is -2.48. The number of halogens is 4. The third-order valence-electron chi connectivity index (χ3n) is 10.6. The molecule has 4 fully saturated rings. The Bertz CT molecular complexity index is 1840. The summed E-state index contributed by atoms with van der Waals surface area (Å²) in [5.41, 5.74) is 4.28. The van der Waals surface area contributed by atoms with Gasteiger partial charge in [0.05, 0.1) is 34.4 Å². The van der Waals surface area contributed by atoms with E-state index in [1.165, 1.54) is 12.1 Å². The van der Waals surface area contributed by atoms with E-state index in [0.29, 0.717) is 31.7 Å². The molecule has 0 spiro atoms. The van der Waals surface area contributed by atoms with Crippen LogP contribution in [-0.4, -0.2) is 98.6 Å². The molecule has 4 saturated heterocycles. The zero-order valence-corrected chi connectivity index (χ0v) is 28.6. The molecule has 7 heterocycles. The predicted molar refractivity (Wildman–Crippen MR) is 177 cm³/mol. The first kappa shape index (κ1) is 32.4. The molecule has 0 unspecified atom stereocenters. The SMILES string of the molecule is C[C@@H]1Oc2nc(-c3cc(N)c(F)c(Cl)c3)c(F)c3nc(OC[C@@]45CCCN4C[C@H](F)C5)nc(c23)N2C[C@H]3CC[C@@H]([C@@H]12)N3C(=O)OC(C)(C)C. The van der Waals surface area contributed by atoms with Gasteiger partial charge in [-0.3, -0.25) is 9.80 Å². The van der Waals surface area contributed by atoms with Crippen LogP contribution in [0.1, 0.15) is 59.8 Å². The maximum atomic E-state index is 16.8. The molecule has 8 rings (SSSR count). The highest BCUT2D eigenvalue weighted by Crippen LogP contribution is 2.47. The zero-order chi connectivity index (χ0) is 34.6. The fourth-order valence-corrected chi connectivity index (χ4v) is 8.90. The van der Waals surface area contributed by atoms with Gasteiger partial charge in [-0.1, -0.05) is 11.6 Å². The Kier molecular flexibility index (Phi) is 7.53. The summed E-state index contributed by atoms with van der Waals surface area (Å²) < 4.78 is 64.4. The van der Waals surface area contributed by atoms with Crippen molar-refractivity contribution in [1.82, 2.24) is 24.8 Å². The van der Waals surface area contributed by atoms with Gasteiger partial charge in [-0.05, 0) is 72.1 Å². The summed E-state index contributed by atoms with van der Waals surface area (Å²) in [4.78, 5) is 33.5. The summed E-state index contributed by atoms with van der Waals surface area (Å²) in [5, 5.41) is -0.0399. The van der Waals surface area contributed by atoms with Gasteiger partial charge in [0.2, 0.25) is 5.88 Å². The monoisotopic (exact) mass is 701 g/mol. The molecule has 0 saturated carbocycles. The number of hydrogen-bond donors (Lipinski definition) is 1. The number of nitrogens with zero attached hydrogens (tertiary/aromatic N) is 6. The second-order valence-electron chi connectivity index (χ2n) is 15.0. The second kappa shape index (κ2) is 11.4. The Morgan fingerprint density at radius 1 is 1.16 bits per heavy atom. The van der Waals surface area contributed by atoms with Crippen molar-refractivity contribution in [1.29, 1.82) is 0 Å². The maximum absolute atomic E-state index is 16.8. The Labute approximate surface area is 286 Å². The number of nitrogen functional groups attached to an aromatic ring is 1. The highest BCUT2D eigenvalue weighted by molar-refractivity contribution is 6.31. The minimum atomic E-state index is -0.953. The summed E-state index contributed by atoms with van der Waals surface area (Å²) in [5.74, 6) is -1.19. The summed E-state index contributed by atoms with van der Waals surface area (Å²) >= 11 is 6.12. The molecule has 2 bridgehead atoms. The number of amides is 1. The third kappa shape index (κ3) is 5.28. The quantitative estimate of drug-likeness (QED) is 0.330. The van der Waals surface area contributed by atoms with E-state index < -0.39 is 47.2 Å². The molecule has 262 valence electrons. The van der Waals surface area contributed by atoms with Crippen LogP contribution in [0, 0.1) is 11.6 Å². The zero-order valence-electron chi connectivity index (χ0n) is 27.8. The molecule has 0 radical (unpaired) electrons. The number of carbonyl (C=O) groups is 1. The number of rotatable bonds is 4. The van der Waals surface area contributed by atoms with Crippen LogP contribution in [-0.2, 0) is 4.74 Å². The van der Waals surface area contributed by atoms with E-state index in [1.807, 2.05) is 32.6 Å². The van der Waals surface area contributed by atoms with Crippen LogP contribution in [0.2, 0.25) is 5.02 Å². The number of ether oxygens (including phenoxy) is 3. The van der Waals surface area contributed by atoms with Gasteiger partial charge in [0.15, 0.2) is 11.6 Å². The number of fused-ring (bicyclic) bond motifs is 6. The molecule has 2 N–H and O–H groups in total. The molecule has 5 aliphatic heterocycles. The lowest BCUT2D eigenvalue weighted by molar-refractivity contribution is 0.000937. The third-order valence-corrected chi connectivity index (χ3v) is 10.9. The Morgan fingerprint density at radius 3 is 2.71 bits per heavy atom. The topological polar surface area (TPSA) is 119 Å². The smallest absolute Gasteiger partial charge is 0.410 e. The molecule has 15 heteroatoms. The molecule has 1 amide bonds. The number of pyridine rings is 1. The molecule has 6 atom stereocenters. The summed E-state index contributed by atoms with van der Waals surface area (Å²) in [7, 11) is 0. The second-order valence-corrected chi connectivity index (χ2v) is 15.4. The van der Waals surface area contributed by atoms with E-state index in [2.05, 4.69) is 19.8 Å². The van der Waals surface area contributed by atoms with Gasteiger partial charge in [0.1, 0.15) is 46.9 Å². The lowest BCUT2D eigenvalue weighted by Crippen LogP contribution is -2.65. The van der Waals surface area contributed by atoms with E-state index in [0.717, 1.165) is 25.8 Å². The first-order valence-electron chi connectivity index (χ1n) is 16.9. The van der Waals surface area contributed by atoms with Gasteiger partial charge < -0.3 is 24.8 Å². The van der Waals surface area contributed by atoms with Crippen molar-refractivity contribution in [2.45, 2.75) is 101 Å². The fraction of sp³-hybridized carbons (Fsp3) is 0.588. The molecular weight excluding hydrogens is 663 g/mol. The number of nitrogens with two attached hydrogens (primary N) is 1. The largest absolute Gasteiger partial charge is 0.472 e. The number of hydrogen-bond acceptors (Lipinski definition) is 10. The van der Waals surface area contributed by atoms with Crippen molar-refractivity contribution in [2.75, 3.05) is 36.9 Å². The van der Waals surface area contributed by atoms with Crippen molar-refractivity contribution in [3.8, 4) is 23.1 Å². The molecule has 0 aliphatic carbocycles. The van der Waals surface area contributed by atoms with Gasteiger partial charge in [-0.2, -0.15) is 9.97 Å². The van der Waals surface area contributed by atoms with Crippen molar-refractivity contribution in [3.05, 3.63) is 28.8 Å². The predicted octanol–water partition coefficient (Wildman–Crippen LogP) is 5.90. The Morgan fingerprint density at radius 2 is 1.96 bits per heavy atom. The average molecular weight is 702 g/mol. The molecule has 5 aliphatic rings. The molecule has 3 aromatic rings. The van der Waals surface area contributed by atoms with Crippen LogP contribution >= 0.6 is 11.6 Å². The van der Waals surface area contributed by atoms with E-state index in [1.54, 1.807) is 0 Å².